The van der Waals surface area contributed by atoms with Crippen molar-refractivity contribution in [2.75, 3.05) is 11.1 Å². The Morgan fingerprint density at radius 3 is 2.50 bits per heavy atom. The van der Waals surface area contributed by atoms with E-state index in [0.717, 1.165) is 5.69 Å². The van der Waals surface area contributed by atoms with Crippen LogP contribution >= 0.6 is 0 Å². The average molecular weight is 268 g/mol. The quantitative estimate of drug-likeness (QED) is 0.652. The van der Waals surface area contributed by atoms with E-state index in [1.165, 1.54) is 18.1 Å². The van der Waals surface area contributed by atoms with E-state index < -0.39 is 0 Å². The predicted molar refractivity (Wildman–Crippen MR) is 84.1 cm³/mol. The fraction of sp³-hybridized carbons (Fsp3) is 0.235. The second kappa shape index (κ2) is 5.78. The minimum absolute atomic E-state index is 0.0130. The molecule has 104 valence electrons. The highest BCUT2D eigenvalue weighted by Crippen LogP contribution is 2.24. The van der Waals surface area contributed by atoms with Crippen LogP contribution in [0.2, 0.25) is 0 Å². The standard InChI is InChI=1S/C17H20N2O/c1-11-6-4-5-7-15(11)12(2)19-14-8-9-16(13(3)20)17(18)10-14/h4-10,12,19H,18H2,1-3H3. The van der Waals surface area contributed by atoms with Gasteiger partial charge in [0.2, 0.25) is 0 Å². The molecule has 3 nitrogen and oxygen atoms in total. The summed E-state index contributed by atoms with van der Waals surface area (Å²) in [6.07, 6.45) is 0. The van der Waals surface area contributed by atoms with Gasteiger partial charge in [-0.25, -0.2) is 0 Å². The van der Waals surface area contributed by atoms with Gasteiger partial charge in [0.05, 0.1) is 0 Å². The lowest BCUT2D eigenvalue weighted by Crippen LogP contribution is -2.09. The van der Waals surface area contributed by atoms with E-state index in [1.54, 1.807) is 6.07 Å². The SMILES string of the molecule is CC(=O)c1ccc(NC(C)c2ccccc2C)cc1N. The van der Waals surface area contributed by atoms with Crippen molar-refractivity contribution in [3.8, 4) is 0 Å². The summed E-state index contributed by atoms with van der Waals surface area (Å²) in [4.78, 5) is 11.4. The van der Waals surface area contributed by atoms with Gasteiger partial charge < -0.3 is 11.1 Å². The predicted octanol–water partition coefficient (Wildman–Crippen LogP) is 3.95. The molecule has 0 radical (unpaired) electrons. The van der Waals surface area contributed by atoms with Crippen molar-refractivity contribution in [3.05, 3.63) is 59.2 Å². The van der Waals surface area contributed by atoms with E-state index >= 15 is 0 Å². The van der Waals surface area contributed by atoms with E-state index in [4.69, 9.17) is 5.73 Å². The largest absolute Gasteiger partial charge is 0.398 e. The Kier molecular flexibility index (Phi) is 4.08. The molecule has 0 saturated heterocycles. The summed E-state index contributed by atoms with van der Waals surface area (Å²) in [5, 5.41) is 3.41. The highest BCUT2D eigenvalue weighted by molar-refractivity contribution is 5.99. The summed E-state index contributed by atoms with van der Waals surface area (Å²) in [6.45, 7) is 5.73. The molecule has 1 atom stereocenters. The lowest BCUT2D eigenvalue weighted by atomic mass is 10.0. The number of anilines is 2. The topological polar surface area (TPSA) is 55.1 Å². The number of hydrogen-bond donors (Lipinski definition) is 2. The number of carbonyl (C=O) groups excluding carboxylic acids is 1. The molecular formula is C17H20N2O. The third-order valence-corrected chi connectivity index (χ3v) is 3.47. The monoisotopic (exact) mass is 268 g/mol. The Balaban J connectivity index is 2.20. The average Bonchev–Trinajstić information content (AvgIpc) is 2.38. The maximum atomic E-state index is 11.4. The Morgan fingerprint density at radius 1 is 1.20 bits per heavy atom. The Labute approximate surface area is 119 Å². The second-order valence-corrected chi connectivity index (χ2v) is 5.08. The number of hydrogen-bond acceptors (Lipinski definition) is 3. The molecule has 0 aliphatic heterocycles. The molecule has 0 fully saturated rings. The molecule has 2 aromatic carbocycles. The van der Waals surface area contributed by atoms with Crippen LogP contribution in [-0.4, -0.2) is 5.78 Å². The van der Waals surface area contributed by atoms with Crippen LogP contribution in [0.15, 0.2) is 42.5 Å². The fourth-order valence-electron chi connectivity index (χ4n) is 2.37. The molecule has 1 unspecified atom stereocenters. The minimum atomic E-state index is -0.0130. The molecule has 0 aliphatic carbocycles. The molecule has 0 heterocycles. The number of nitrogens with one attached hydrogen (secondary N) is 1. The first kappa shape index (κ1) is 14.1. The summed E-state index contributed by atoms with van der Waals surface area (Å²) < 4.78 is 0. The second-order valence-electron chi connectivity index (χ2n) is 5.08. The highest BCUT2D eigenvalue weighted by atomic mass is 16.1. The van der Waals surface area contributed by atoms with E-state index in [-0.39, 0.29) is 11.8 Å². The smallest absolute Gasteiger partial charge is 0.161 e. The fourth-order valence-corrected chi connectivity index (χ4v) is 2.37. The molecule has 2 rings (SSSR count). The molecule has 0 bridgehead atoms. The van der Waals surface area contributed by atoms with Crippen molar-refractivity contribution < 1.29 is 4.79 Å². The summed E-state index contributed by atoms with van der Waals surface area (Å²) in [5.41, 5.74) is 10.4. The minimum Gasteiger partial charge on any atom is -0.398 e. The Morgan fingerprint density at radius 2 is 1.90 bits per heavy atom. The zero-order valence-corrected chi connectivity index (χ0v) is 12.1. The molecule has 2 aromatic rings. The molecule has 0 amide bonds. The van der Waals surface area contributed by atoms with Crippen molar-refractivity contribution in [1.29, 1.82) is 0 Å². The van der Waals surface area contributed by atoms with Crippen LogP contribution in [-0.2, 0) is 0 Å². The number of nitrogens with two attached hydrogens (primary N) is 1. The van der Waals surface area contributed by atoms with Gasteiger partial charge in [-0.1, -0.05) is 24.3 Å². The summed E-state index contributed by atoms with van der Waals surface area (Å²) in [6, 6.07) is 13.9. The molecule has 20 heavy (non-hydrogen) atoms. The zero-order valence-electron chi connectivity index (χ0n) is 12.1. The van der Waals surface area contributed by atoms with Gasteiger partial charge in [-0.2, -0.15) is 0 Å². The van der Waals surface area contributed by atoms with Crippen LogP contribution < -0.4 is 11.1 Å². The van der Waals surface area contributed by atoms with Gasteiger partial charge in [-0.15, -0.1) is 0 Å². The highest BCUT2D eigenvalue weighted by Gasteiger charge is 2.10. The summed E-state index contributed by atoms with van der Waals surface area (Å²) in [5.74, 6) is -0.0130. The number of rotatable bonds is 4. The molecule has 0 saturated carbocycles. The first-order chi connectivity index (χ1) is 9.49. The van der Waals surface area contributed by atoms with Crippen LogP contribution in [0.25, 0.3) is 0 Å². The molecule has 0 aliphatic rings. The van der Waals surface area contributed by atoms with E-state index in [2.05, 4.69) is 31.3 Å². The molecular weight excluding hydrogens is 248 g/mol. The van der Waals surface area contributed by atoms with Gasteiger partial charge in [0.25, 0.3) is 0 Å². The van der Waals surface area contributed by atoms with Crippen molar-refractivity contribution in [2.45, 2.75) is 26.8 Å². The number of carbonyl (C=O) groups is 1. The van der Waals surface area contributed by atoms with Crippen LogP contribution in [0.5, 0.6) is 0 Å². The Bertz CT molecular complexity index is 635. The van der Waals surface area contributed by atoms with Gasteiger partial charge >= 0.3 is 0 Å². The summed E-state index contributed by atoms with van der Waals surface area (Å²) in [7, 11) is 0. The van der Waals surface area contributed by atoms with Gasteiger partial charge in [0.15, 0.2) is 5.78 Å². The third kappa shape index (κ3) is 2.99. The molecule has 3 heteroatoms. The number of nitrogen functional groups attached to an aromatic ring is 1. The normalized spacial score (nSPS) is 11.9. The number of ketones is 1. The van der Waals surface area contributed by atoms with Crippen molar-refractivity contribution in [1.82, 2.24) is 0 Å². The number of Topliss-reactive ketones (excluding diaryl/α,β-unsaturated/α-hetero) is 1. The van der Waals surface area contributed by atoms with Gasteiger partial charge in [0, 0.05) is 23.0 Å². The van der Waals surface area contributed by atoms with E-state index in [9.17, 15) is 4.79 Å². The van der Waals surface area contributed by atoms with Crippen molar-refractivity contribution in [3.63, 3.8) is 0 Å². The summed E-state index contributed by atoms with van der Waals surface area (Å²) >= 11 is 0. The van der Waals surface area contributed by atoms with Crippen molar-refractivity contribution >= 4 is 17.2 Å². The van der Waals surface area contributed by atoms with Crippen LogP contribution in [0.1, 0.15) is 41.4 Å². The lowest BCUT2D eigenvalue weighted by Gasteiger charge is -2.18. The Hall–Kier alpha value is -2.29. The molecule has 0 aromatic heterocycles. The first-order valence-corrected chi connectivity index (χ1v) is 6.71. The van der Waals surface area contributed by atoms with Crippen molar-refractivity contribution in [2.24, 2.45) is 0 Å². The third-order valence-electron chi connectivity index (χ3n) is 3.47. The number of benzene rings is 2. The molecule has 3 N–H and O–H groups in total. The lowest BCUT2D eigenvalue weighted by molar-refractivity contribution is 0.101. The first-order valence-electron chi connectivity index (χ1n) is 6.71. The van der Waals surface area contributed by atoms with Crippen LogP contribution in [0.4, 0.5) is 11.4 Å². The van der Waals surface area contributed by atoms with Gasteiger partial charge in [-0.3, -0.25) is 4.79 Å². The molecule has 0 spiro atoms. The van der Waals surface area contributed by atoms with Gasteiger partial charge in [-0.05, 0) is 50.1 Å². The zero-order chi connectivity index (χ0) is 14.7. The van der Waals surface area contributed by atoms with Gasteiger partial charge in [0.1, 0.15) is 0 Å². The maximum Gasteiger partial charge on any atom is 0.161 e. The van der Waals surface area contributed by atoms with Crippen LogP contribution in [0.3, 0.4) is 0 Å². The number of aryl methyl sites for hydroxylation is 1. The van der Waals surface area contributed by atoms with Crippen LogP contribution in [0, 0.1) is 6.92 Å². The maximum absolute atomic E-state index is 11.4. The van der Waals surface area contributed by atoms with E-state index in [1.807, 2.05) is 24.3 Å². The van der Waals surface area contributed by atoms with E-state index in [0.29, 0.717) is 11.3 Å².